The fraction of sp³-hybridized carbons (Fsp3) is 0.250. The van der Waals surface area contributed by atoms with Crippen molar-refractivity contribution in [2.75, 3.05) is 0 Å². The highest BCUT2D eigenvalue weighted by atomic mass is 19.4. The van der Waals surface area contributed by atoms with Gasteiger partial charge in [-0.2, -0.15) is 13.2 Å². The van der Waals surface area contributed by atoms with Crippen LogP contribution in [0.4, 0.5) is 17.6 Å². The van der Waals surface area contributed by atoms with Gasteiger partial charge in [-0.15, -0.1) is 0 Å². The second-order valence-electron chi connectivity index (χ2n) is 4.07. The molecule has 1 aromatic heterocycles. The molecule has 7 heteroatoms. The van der Waals surface area contributed by atoms with Gasteiger partial charge in [0, 0.05) is 19.4 Å². The third kappa shape index (κ3) is 2.76. The molecule has 19 heavy (non-hydrogen) atoms. The minimum Gasteiger partial charge on any atom is -0.380 e. The average Bonchev–Trinajstić information content (AvgIpc) is 2.72. The van der Waals surface area contributed by atoms with Crippen molar-refractivity contribution in [3.8, 4) is 0 Å². The van der Waals surface area contributed by atoms with Gasteiger partial charge in [0.25, 0.3) is 0 Å². The van der Waals surface area contributed by atoms with Crippen molar-refractivity contribution in [2.45, 2.75) is 12.3 Å². The zero-order valence-corrected chi connectivity index (χ0v) is 9.82. The van der Waals surface area contributed by atoms with Crippen molar-refractivity contribution in [1.29, 1.82) is 0 Å². The lowest BCUT2D eigenvalue weighted by Crippen LogP contribution is -2.11. The highest BCUT2D eigenvalue weighted by molar-refractivity contribution is 5.31. The first kappa shape index (κ1) is 13.5. The fourth-order valence-electron chi connectivity index (χ4n) is 1.72. The Bertz CT molecular complexity index is 592. The number of hydrogen-bond acceptors (Lipinski definition) is 2. The number of hydrogen-bond donors (Lipinski definition) is 1. The normalized spacial score (nSPS) is 13.6. The molecule has 1 N–H and O–H groups in total. The van der Waals surface area contributed by atoms with Crippen LogP contribution in [0.5, 0.6) is 0 Å². The van der Waals surface area contributed by atoms with Crippen molar-refractivity contribution in [2.24, 2.45) is 7.05 Å². The molecule has 0 saturated heterocycles. The van der Waals surface area contributed by atoms with Crippen LogP contribution < -0.4 is 0 Å². The van der Waals surface area contributed by atoms with Gasteiger partial charge >= 0.3 is 6.18 Å². The van der Waals surface area contributed by atoms with Gasteiger partial charge in [-0.25, -0.2) is 9.37 Å². The van der Waals surface area contributed by atoms with E-state index in [0.717, 1.165) is 6.07 Å². The Balaban J connectivity index is 2.46. The number of halogens is 4. The van der Waals surface area contributed by atoms with Crippen LogP contribution in [-0.2, 0) is 13.2 Å². The molecule has 102 valence electrons. The molecule has 0 bridgehead atoms. The van der Waals surface area contributed by atoms with Crippen LogP contribution in [0.1, 0.15) is 23.1 Å². The zero-order valence-electron chi connectivity index (χ0n) is 9.82. The van der Waals surface area contributed by atoms with E-state index in [1.807, 2.05) is 0 Å². The molecule has 0 aliphatic carbocycles. The van der Waals surface area contributed by atoms with E-state index in [9.17, 15) is 22.7 Å². The van der Waals surface area contributed by atoms with Crippen LogP contribution in [0.3, 0.4) is 0 Å². The number of aliphatic hydroxyl groups excluding tert-OH is 1. The van der Waals surface area contributed by atoms with Gasteiger partial charge in [-0.3, -0.25) is 0 Å². The fourth-order valence-corrected chi connectivity index (χ4v) is 1.72. The lowest BCUT2D eigenvalue weighted by atomic mass is 10.0. The molecule has 0 aliphatic rings. The Labute approximate surface area is 106 Å². The molecule has 0 aliphatic heterocycles. The van der Waals surface area contributed by atoms with Crippen molar-refractivity contribution in [3.63, 3.8) is 0 Å². The molecule has 1 aromatic carbocycles. The standard InChI is InChI=1S/C12H10F4N2O/c1-18-3-2-17-11(18)10(19)7-4-8(12(14,15)16)6-9(13)5-7/h2-6,10,19H,1H3. The van der Waals surface area contributed by atoms with Gasteiger partial charge in [-0.1, -0.05) is 0 Å². The van der Waals surface area contributed by atoms with E-state index in [1.54, 1.807) is 7.05 Å². The number of aryl methyl sites for hydroxylation is 1. The van der Waals surface area contributed by atoms with Gasteiger partial charge in [0.05, 0.1) is 5.56 Å². The molecular weight excluding hydrogens is 264 g/mol. The van der Waals surface area contributed by atoms with E-state index in [0.29, 0.717) is 12.1 Å². The Morgan fingerprint density at radius 1 is 1.26 bits per heavy atom. The van der Waals surface area contributed by atoms with E-state index < -0.39 is 23.7 Å². The summed E-state index contributed by atoms with van der Waals surface area (Å²) in [4.78, 5) is 3.82. The van der Waals surface area contributed by atoms with Crippen molar-refractivity contribution < 1.29 is 22.7 Å². The van der Waals surface area contributed by atoms with Gasteiger partial charge < -0.3 is 9.67 Å². The molecule has 0 spiro atoms. The maximum Gasteiger partial charge on any atom is 0.416 e. The molecule has 2 aromatic rings. The Hall–Kier alpha value is -1.89. The lowest BCUT2D eigenvalue weighted by Gasteiger charge is -2.14. The van der Waals surface area contributed by atoms with Gasteiger partial charge in [0.2, 0.25) is 0 Å². The Morgan fingerprint density at radius 2 is 1.95 bits per heavy atom. The molecule has 1 heterocycles. The monoisotopic (exact) mass is 274 g/mol. The molecule has 0 saturated carbocycles. The number of aromatic nitrogens is 2. The summed E-state index contributed by atoms with van der Waals surface area (Å²) in [6, 6.07) is 1.95. The van der Waals surface area contributed by atoms with Gasteiger partial charge in [0.1, 0.15) is 17.7 Å². The molecule has 0 fully saturated rings. The summed E-state index contributed by atoms with van der Waals surface area (Å²) in [6.45, 7) is 0. The third-order valence-electron chi connectivity index (χ3n) is 2.67. The molecule has 3 nitrogen and oxygen atoms in total. The predicted octanol–water partition coefficient (Wildman–Crippen LogP) is 2.66. The topological polar surface area (TPSA) is 38.0 Å². The average molecular weight is 274 g/mol. The summed E-state index contributed by atoms with van der Waals surface area (Å²) in [5.41, 5.74) is -1.34. The zero-order chi connectivity index (χ0) is 14.2. The Morgan fingerprint density at radius 3 is 2.47 bits per heavy atom. The third-order valence-corrected chi connectivity index (χ3v) is 2.67. The molecule has 0 amide bonds. The molecular formula is C12H10F4N2O. The first-order chi connectivity index (χ1) is 8.79. The van der Waals surface area contributed by atoms with Crippen molar-refractivity contribution >= 4 is 0 Å². The summed E-state index contributed by atoms with van der Waals surface area (Å²) in [6.07, 6.45) is -3.17. The second-order valence-corrected chi connectivity index (χ2v) is 4.07. The highest BCUT2D eigenvalue weighted by Gasteiger charge is 2.32. The summed E-state index contributed by atoms with van der Waals surface area (Å²) in [7, 11) is 1.58. The first-order valence-corrected chi connectivity index (χ1v) is 5.32. The quantitative estimate of drug-likeness (QED) is 0.855. The van der Waals surface area contributed by atoms with Crippen LogP contribution in [0.25, 0.3) is 0 Å². The maximum absolute atomic E-state index is 13.2. The molecule has 1 atom stereocenters. The molecule has 1 unspecified atom stereocenters. The van der Waals surface area contributed by atoms with Crippen LogP contribution >= 0.6 is 0 Å². The lowest BCUT2D eigenvalue weighted by molar-refractivity contribution is -0.137. The number of rotatable bonds is 2. The van der Waals surface area contributed by atoms with Gasteiger partial charge in [-0.05, 0) is 23.8 Å². The predicted molar refractivity (Wildman–Crippen MR) is 58.7 cm³/mol. The SMILES string of the molecule is Cn1ccnc1C(O)c1cc(F)cc(C(F)(F)F)c1. The smallest absolute Gasteiger partial charge is 0.380 e. The first-order valence-electron chi connectivity index (χ1n) is 5.32. The largest absolute Gasteiger partial charge is 0.416 e. The number of nitrogens with zero attached hydrogens (tertiary/aromatic N) is 2. The maximum atomic E-state index is 13.2. The number of benzene rings is 1. The summed E-state index contributed by atoms with van der Waals surface area (Å²) in [5.74, 6) is -0.920. The summed E-state index contributed by atoms with van der Waals surface area (Å²) in [5, 5.41) is 9.96. The number of imidazole rings is 1. The summed E-state index contributed by atoms with van der Waals surface area (Å²) >= 11 is 0. The molecule has 2 rings (SSSR count). The van der Waals surface area contributed by atoms with E-state index in [2.05, 4.69) is 4.98 Å². The van der Waals surface area contributed by atoms with Crippen LogP contribution in [0, 0.1) is 5.82 Å². The summed E-state index contributed by atoms with van der Waals surface area (Å²) < 4.78 is 52.4. The minimum atomic E-state index is -4.67. The van der Waals surface area contributed by atoms with Crippen molar-refractivity contribution in [3.05, 3.63) is 53.4 Å². The number of alkyl halides is 3. The van der Waals surface area contributed by atoms with Crippen LogP contribution in [-0.4, -0.2) is 14.7 Å². The van der Waals surface area contributed by atoms with Crippen LogP contribution in [0.2, 0.25) is 0 Å². The van der Waals surface area contributed by atoms with E-state index in [1.165, 1.54) is 17.0 Å². The van der Waals surface area contributed by atoms with Crippen molar-refractivity contribution in [1.82, 2.24) is 9.55 Å². The van der Waals surface area contributed by atoms with Gasteiger partial charge in [0.15, 0.2) is 0 Å². The number of aliphatic hydroxyl groups is 1. The Kier molecular flexibility index (Phi) is 3.32. The minimum absolute atomic E-state index is 0.138. The van der Waals surface area contributed by atoms with E-state index in [4.69, 9.17) is 0 Å². The van der Waals surface area contributed by atoms with E-state index >= 15 is 0 Å². The van der Waals surface area contributed by atoms with E-state index in [-0.39, 0.29) is 11.4 Å². The highest BCUT2D eigenvalue weighted by Crippen LogP contribution is 2.32. The second kappa shape index (κ2) is 4.65. The van der Waals surface area contributed by atoms with Crippen LogP contribution in [0.15, 0.2) is 30.6 Å². The molecule has 0 radical (unpaired) electrons.